The number of pyridine rings is 1. The number of carbonyl (C=O) groups is 4. The van der Waals surface area contributed by atoms with Gasteiger partial charge in [0, 0.05) is 119 Å². The van der Waals surface area contributed by atoms with E-state index in [1.54, 1.807) is 19.4 Å². The molecule has 3 aromatic rings. The number of nitrogens with one attached hydrogen (secondary N) is 3. The number of morpholine rings is 2. The molecule has 1 spiro atoms. The molecule has 8 atom stereocenters. The molecule has 6 bridgehead atoms. The molecule has 3 amide bonds. The van der Waals surface area contributed by atoms with E-state index in [1.807, 2.05) is 43.9 Å². The molecule has 442 valence electrons. The first-order valence-electron chi connectivity index (χ1n) is 29.9. The van der Waals surface area contributed by atoms with Crippen LogP contribution in [0.5, 0.6) is 0 Å². The molecule has 8 aliphatic heterocycles. The number of alkyl halides is 3. The van der Waals surface area contributed by atoms with Crippen molar-refractivity contribution in [1.29, 1.82) is 0 Å². The van der Waals surface area contributed by atoms with E-state index in [0.29, 0.717) is 112 Å². The van der Waals surface area contributed by atoms with E-state index in [1.165, 1.54) is 9.58 Å². The summed E-state index contributed by atoms with van der Waals surface area (Å²) in [6.07, 6.45) is 3.03. The van der Waals surface area contributed by atoms with Crippen LogP contribution >= 0.6 is 0 Å². The number of hydrazine groups is 1. The first kappa shape index (κ1) is 56.4. The van der Waals surface area contributed by atoms with Gasteiger partial charge >= 0.3 is 12.1 Å². The third kappa shape index (κ3) is 11.9. The highest BCUT2D eigenvalue weighted by Gasteiger charge is 2.51. The van der Waals surface area contributed by atoms with Gasteiger partial charge < -0.3 is 48.8 Å². The van der Waals surface area contributed by atoms with Crippen LogP contribution in [0, 0.1) is 16.7 Å². The van der Waals surface area contributed by atoms with Gasteiger partial charge in [0.15, 0.2) is 0 Å². The Bertz CT molecular complexity index is 2840. The first-order valence-corrected chi connectivity index (χ1v) is 29.9. The zero-order valence-electron chi connectivity index (χ0n) is 47.6. The van der Waals surface area contributed by atoms with E-state index in [4.69, 9.17) is 23.9 Å². The lowest BCUT2D eigenvalue weighted by Crippen LogP contribution is -2.62. The number of hydrogen-bond donors (Lipinski definition) is 3. The topological polar surface area (TPSA) is 188 Å². The molecule has 8 fully saturated rings. The molecule has 1 aliphatic carbocycles. The molecule has 0 radical (unpaired) electrons. The number of methoxy groups -OCH3 is 1. The Labute approximate surface area is 472 Å². The number of likely N-dealkylation sites (tertiary alicyclic amines) is 2. The summed E-state index contributed by atoms with van der Waals surface area (Å²) in [7, 11) is 1.57. The smallest absolute Gasteiger partial charge is 0.406 e. The standard InChI is InChI=1S/C59H82F3N11O8/c1-37(78-4)50-44(25-40(28-64-50)68-19-18-67-20-22-79-32-41(67)30-68)52-45-27-57(2,3)36-81-56(77)46-10-7-15-73(66-46)55(76)47(26-42-31-69(21-23-80-42)39-11-12-49(43(45)24-39)72(52)35-59(60,61)62)65-53(74)51(38-8-5-6-9-38)70-16-13-58(33-70)14-17-71(34-58)54(75)48-29-63-48/h11-12,24-25,28,37-38,41-42,46-48,51,63,66H,5-10,13-23,26-27,29-36H2,1-4H3,(H,65,74)/t37-,41-,42-,46-,47-,48+,51-,58-/m0/s1. The largest absolute Gasteiger partial charge is 0.464 e. The van der Waals surface area contributed by atoms with Crippen molar-refractivity contribution in [2.75, 3.05) is 122 Å². The summed E-state index contributed by atoms with van der Waals surface area (Å²) >= 11 is 0. The highest BCUT2D eigenvalue weighted by atomic mass is 19.4. The van der Waals surface area contributed by atoms with Gasteiger partial charge in [-0.15, -0.1) is 0 Å². The number of fused-ring (bicyclic) bond motifs is 7. The number of aromatic nitrogens is 2. The Hall–Kier alpha value is -5.10. The number of anilines is 2. The molecule has 1 saturated carbocycles. The molecule has 3 N–H and O–H groups in total. The summed E-state index contributed by atoms with van der Waals surface area (Å²) in [5, 5.41) is 8.56. The fourth-order valence-electron chi connectivity index (χ4n) is 14.8. The normalized spacial score (nSPS) is 29.7. The monoisotopic (exact) mass is 1130 g/mol. The highest BCUT2D eigenvalue weighted by Crippen LogP contribution is 2.46. The zero-order valence-corrected chi connectivity index (χ0v) is 47.6. The SMILES string of the molecule is CO[C@@H](C)c1ncc(N2CCN3CCOC[C@@H]3C2)cc1-c1c2c3cc(ccc3n1CC(F)(F)F)N1CCO[C@@H](C[C@H](NC(=O)[C@H](C3CCCC3)N3CC[C@]4(CCN(C(=O)[C@H]5CN5)C4)C3)C(=O)N3CCC[C@H](N3)C(=O)OCC(C)(C)C2)C1. The van der Waals surface area contributed by atoms with Crippen molar-refractivity contribution in [3.05, 3.63) is 41.7 Å². The molecule has 7 saturated heterocycles. The number of carbonyl (C=O) groups excluding carboxylic acids is 4. The maximum atomic E-state index is 15.3. The Morgan fingerprint density at radius 1 is 0.938 bits per heavy atom. The van der Waals surface area contributed by atoms with E-state index in [-0.39, 0.29) is 60.6 Å². The minimum atomic E-state index is -4.61. The van der Waals surface area contributed by atoms with Gasteiger partial charge in [0.25, 0.3) is 5.91 Å². The van der Waals surface area contributed by atoms with E-state index in [2.05, 4.69) is 35.7 Å². The zero-order chi connectivity index (χ0) is 56.4. The molecule has 19 nitrogen and oxygen atoms in total. The Morgan fingerprint density at radius 2 is 1.74 bits per heavy atom. The molecule has 0 unspecified atom stereocenters. The van der Waals surface area contributed by atoms with Gasteiger partial charge in [-0.3, -0.25) is 39.0 Å². The lowest BCUT2D eigenvalue weighted by Gasteiger charge is -2.44. The molecule has 9 aliphatic rings. The van der Waals surface area contributed by atoms with Crippen LogP contribution in [0.1, 0.15) is 95.9 Å². The lowest BCUT2D eigenvalue weighted by molar-refractivity contribution is -0.156. The van der Waals surface area contributed by atoms with Crippen LogP contribution in [0.25, 0.3) is 22.2 Å². The second kappa shape index (κ2) is 22.8. The number of rotatable bonds is 10. The van der Waals surface area contributed by atoms with Gasteiger partial charge in [-0.05, 0) is 94.2 Å². The Balaban J connectivity index is 0.898. The summed E-state index contributed by atoms with van der Waals surface area (Å²) in [4.78, 5) is 73.9. The van der Waals surface area contributed by atoms with Crippen LogP contribution in [0.2, 0.25) is 0 Å². The minimum absolute atomic E-state index is 0.0629. The van der Waals surface area contributed by atoms with Crippen molar-refractivity contribution < 1.29 is 51.3 Å². The molecular weight excluding hydrogens is 1050 g/mol. The molecule has 12 rings (SSSR count). The number of cyclic esters (lactones) is 1. The average Bonchev–Trinajstić information content (AvgIpc) is 3.99. The summed E-state index contributed by atoms with van der Waals surface area (Å²) in [5.41, 5.74) is 6.37. The number of ether oxygens (including phenoxy) is 4. The minimum Gasteiger partial charge on any atom is -0.464 e. The molecule has 1 aromatic carbocycles. The number of amides is 3. The number of halogens is 3. The average molecular weight is 1130 g/mol. The van der Waals surface area contributed by atoms with Crippen molar-refractivity contribution in [2.45, 2.75) is 140 Å². The van der Waals surface area contributed by atoms with Crippen molar-refractivity contribution in [3.8, 4) is 11.3 Å². The molecule has 22 heteroatoms. The Morgan fingerprint density at radius 3 is 2.53 bits per heavy atom. The third-order valence-electron chi connectivity index (χ3n) is 19.2. The fourth-order valence-corrected chi connectivity index (χ4v) is 14.8. The van der Waals surface area contributed by atoms with E-state index in [0.717, 1.165) is 82.6 Å². The number of benzene rings is 1. The second-order valence-corrected chi connectivity index (χ2v) is 25.6. The highest BCUT2D eigenvalue weighted by molar-refractivity contribution is 5.95. The van der Waals surface area contributed by atoms with Gasteiger partial charge in [0.1, 0.15) is 18.6 Å². The maximum absolute atomic E-state index is 15.3. The van der Waals surface area contributed by atoms with Gasteiger partial charge in [0.2, 0.25) is 11.8 Å². The summed E-state index contributed by atoms with van der Waals surface area (Å²) in [6, 6.07) is 5.35. The summed E-state index contributed by atoms with van der Waals surface area (Å²) in [5.74, 6) is -0.832. The van der Waals surface area contributed by atoms with Crippen molar-refractivity contribution in [2.24, 2.45) is 16.7 Å². The molecular formula is C59H82F3N11O8. The van der Waals surface area contributed by atoms with Crippen molar-refractivity contribution in [1.82, 2.24) is 45.3 Å². The quantitative estimate of drug-likeness (QED) is 0.188. The summed E-state index contributed by atoms with van der Waals surface area (Å²) in [6.45, 7) is 13.8. The molecule has 81 heavy (non-hydrogen) atoms. The van der Waals surface area contributed by atoms with Gasteiger partial charge in [-0.2, -0.15) is 13.2 Å². The van der Waals surface area contributed by atoms with Gasteiger partial charge in [-0.1, -0.05) is 26.7 Å². The van der Waals surface area contributed by atoms with E-state index >= 15 is 22.8 Å². The number of esters is 1. The predicted octanol–water partition coefficient (Wildman–Crippen LogP) is 4.65. The predicted molar refractivity (Wildman–Crippen MR) is 297 cm³/mol. The Kier molecular flexibility index (Phi) is 15.9. The summed E-state index contributed by atoms with van der Waals surface area (Å²) < 4.78 is 71.7. The first-order chi connectivity index (χ1) is 38.9. The molecule has 10 heterocycles. The van der Waals surface area contributed by atoms with E-state index < -0.39 is 54.4 Å². The number of piperazine rings is 1. The van der Waals surface area contributed by atoms with Crippen molar-refractivity contribution in [3.63, 3.8) is 0 Å². The van der Waals surface area contributed by atoms with E-state index in [9.17, 15) is 9.59 Å². The van der Waals surface area contributed by atoms with Crippen LogP contribution in [-0.4, -0.2) is 208 Å². The second-order valence-electron chi connectivity index (χ2n) is 25.6. The number of hydrogen-bond acceptors (Lipinski definition) is 15. The van der Waals surface area contributed by atoms with Crippen molar-refractivity contribution >= 4 is 46.0 Å². The van der Waals surface area contributed by atoms with Crippen LogP contribution in [0.4, 0.5) is 24.5 Å². The molecule has 2 aromatic heterocycles. The van der Waals surface area contributed by atoms with Gasteiger partial charge in [0.05, 0.1) is 80.0 Å². The lowest BCUT2D eigenvalue weighted by atomic mass is 9.84. The third-order valence-corrected chi connectivity index (χ3v) is 19.2. The van der Waals surface area contributed by atoms with Crippen LogP contribution in [-0.2, 0) is 51.1 Å². The van der Waals surface area contributed by atoms with Gasteiger partial charge in [-0.25, -0.2) is 5.43 Å². The van der Waals surface area contributed by atoms with Crippen LogP contribution in [0.3, 0.4) is 0 Å². The van der Waals surface area contributed by atoms with Crippen LogP contribution in [0.15, 0.2) is 30.5 Å². The maximum Gasteiger partial charge on any atom is 0.406 e. The number of nitrogens with zero attached hydrogens (tertiary/aromatic N) is 8. The fraction of sp³-hybridized carbons (Fsp3) is 0.712. The van der Waals surface area contributed by atoms with Crippen LogP contribution < -0.4 is 25.9 Å².